The number of nitrogens with two attached hydrogens (primary N) is 1. The van der Waals surface area contributed by atoms with Crippen molar-refractivity contribution in [1.82, 2.24) is 14.9 Å². The maximum Gasteiger partial charge on any atom is 0.225 e. The number of hydrogen-bond acceptors (Lipinski definition) is 6. The Bertz CT molecular complexity index is 725. The van der Waals surface area contributed by atoms with Crippen LogP contribution in [0.25, 0.3) is 10.2 Å². The lowest BCUT2D eigenvalue weighted by molar-refractivity contribution is -0.137. The Morgan fingerprint density at radius 3 is 2.83 bits per heavy atom. The first kappa shape index (κ1) is 15.8. The van der Waals surface area contributed by atoms with Crippen molar-refractivity contribution in [3.8, 4) is 0 Å². The summed E-state index contributed by atoms with van der Waals surface area (Å²) in [5.41, 5.74) is 7.04. The molecule has 0 aromatic carbocycles. The van der Waals surface area contributed by atoms with Crippen molar-refractivity contribution < 1.29 is 4.79 Å². The Hall–Kier alpha value is -1.73. The molecule has 1 saturated carbocycles. The van der Waals surface area contributed by atoms with Gasteiger partial charge in [0.25, 0.3) is 0 Å². The number of fused-ring (bicyclic) bond motifs is 1. The molecule has 2 N–H and O–H groups in total. The van der Waals surface area contributed by atoms with Crippen LogP contribution in [0.4, 0.5) is 5.82 Å². The van der Waals surface area contributed by atoms with Crippen LogP contribution in [0, 0.1) is 5.92 Å². The maximum atomic E-state index is 12.7. The molecular weight excluding hydrogens is 322 g/mol. The van der Waals surface area contributed by atoms with E-state index in [1.165, 1.54) is 0 Å². The van der Waals surface area contributed by atoms with Crippen molar-refractivity contribution in [2.75, 3.05) is 31.1 Å². The summed E-state index contributed by atoms with van der Waals surface area (Å²) in [5, 5.41) is 2.05. The van der Waals surface area contributed by atoms with Gasteiger partial charge >= 0.3 is 0 Å². The number of amides is 1. The van der Waals surface area contributed by atoms with Crippen LogP contribution in [0.15, 0.2) is 17.8 Å². The average molecular weight is 345 g/mol. The molecule has 2 aromatic rings. The minimum Gasteiger partial charge on any atom is -0.352 e. The second-order valence-corrected chi connectivity index (χ2v) is 7.68. The molecule has 128 valence electrons. The van der Waals surface area contributed by atoms with E-state index in [2.05, 4.69) is 20.2 Å². The Morgan fingerprint density at radius 2 is 2.04 bits per heavy atom. The summed E-state index contributed by atoms with van der Waals surface area (Å²) in [7, 11) is 0. The first-order chi connectivity index (χ1) is 11.7. The first-order valence-corrected chi connectivity index (χ1v) is 9.58. The smallest absolute Gasteiger partial charge is 0.225 e. The lowest BCUT2D eigenvalue weighted by Gasteiger charge is -2.38. The molecule has 2 aliphatic rings. The standard InChI is InChI=1S/C17H23N5OS/c18-13-3-1-2-12(10-13)17(23)22-7-5-21(6-8-22)16-15-14(4-9-24-15)19-11-20-16/h4,9,11-13H,1-3,5-8,10,18H2. The summed E-state index contributed by atoms with van der Waals surface area (Å²) in [6.07, 6.45) is 5.61. The van der Waals surface area contributed by atoms with Gasteiger partial charge in [0.2, 0.25) is 5.91 Å². The predicted molar refractivity (Wildman–Crippen MR) is 96.1 cm³/mol. The molecule has 3 heterocycles. The number of piperazine rings is 1. The number of aromatic nitrogens is 2. The van der Waals surface area contributed by atoms with Gasteiger partial charge in [-0.25, -0.2) is 9.97 Å². The maximum absolute atomic E-state index is 12.7. The second kappa shape index (κ2) is 6.64. The van der Waals surface area contributed by atoms with Crippen LogP contribution in [0.5, 0.6) is 0 Å². The predicted octanol–water partition coefficient (Wildman–Crippen LogP) is 1.86. The first-order valence-electron chi connectivity index (χ1n) is 8.70. The summed E-state index contributed by atoms with van der Waals surface area (Å²) >= 11 is 1.68. The van der Waals surface area contributed by atoms with E-state index >= 15 is 0 Å². The molecule has 1 aliphatic carbocycles. The van der Waals surface area contributed by atoms with Gasteiger partial charge in [-0.1, -0.05) is 6.42 Å². The Labute approximate surface area is 145 Å². The monoisotopic (exact) mass is 345 g/mol. The average Bonchev–Trinajstić information content (AvgIpc) is 3.10. The third kappa shape index (κ3) is 2.98. The Kier molecular flexibility index (Phi) is 4.37. The van der Waals surface area contributed by atoms with Gasteiger partial charge in [-0.2, -0.15) is 0 Å². The van der Waals surface area contributed by atoms with Gasteiger partial charge in [-0.15, -0.1) is 11.3 Å². The van der Waals surface area contributed by atoms with E-state index in [0.29, 0.717) is 5.91 Å². The highest BCUT2D eigenvalue weighted by atomic mass is 32.1. The normalized spacial score (nSPS) is 25.2. The highest BCUT2D eigenvalue weighted by Gasteiger charge is 2.31. The van der Waals surface area contributed by atoms with E-state index in [9.17, 15) is 4.79 Å². The van der Waals surface area contributed by atoms with E-state index in [1.807, 2.05) is 11.0 Å². The molecule has 7 heteroatoms. The zero-order valence-electron chi connectivity index (χ0n) is 13.7. The van der Waals surface area contributed by atoms with Crippen LogP contribution >= 0.6 is 11.3 Å². The fourth-order valence-corrected chi connectivity index (χ4v) is 4.71. The highest BCUT2D eigenvalue weighted by Crippen LogP contribution is 2.29. The zero-order chi connectivity index (χ0) is 16.5. The number of carbonyl (C=O) groups excluding carboxylic acids is 1. The van der Waals surface area contributed by atoms with Crippen LogP contribution in [0.1, 0.15) is 25.7 Å². The summed E-state index contributed by atoms with van der Waals surface area (Å²) < 4.78 is 1.13. The van der Waals surface area contributed by atoms with Gasteiger partial charge in [-0.05, 0) is 30.7 Å². The van der Waals surface area contributed by atoms with Gasteiger partial charge in [0.15, 0.2) is 0 Å². The van der Waals surface area contributed by atoms with Crippen molar-refractivity contribution in [3.05, 3.63) is 17.8 Å². The molecule has 0 spiro atoms. The minimum absolute atomic E-state index is 0.128. The molecular formula is C17H23N5OS. The molecule has 24 heavy (non-hydrogen) atoms. The lowest BCUT2D eigenvalue weighted by Crippen LogP contribution is -2.51. The van der Waals surface area contributed by atoms with Crippen LogP contribution in [-0.2, 0) is 4.79 Å². The molecule has 2 fully saturated rings. The highest BCUT2D eigenvalue weighted by molar-refractivity contribution is 7.17. The molecule has 0 radical (unpaired) electrons. The Morgan fingerprint density at radius 1 is 1.21 bits per heavy atom. The van der Waals surface area contributed by atoms with Crippen molar-refractivity contribution in [1.29, 1.82) is 0 Å². The molecule has 1 amide bonds. The van der Waals surface area contributed by atoms with Gasteiger partial charge < -0.3 is 15.5 Å². The van der Waals surface area contributed by atoms with Crippen LogP contribution in [0.2, 0.25) is 0 Å². The number of rotatable bonds is 2. The number of anilines is 1. The molecule has 1 aliphatic heterocycles. The van der Waals surface area contributed by atoms with Gasteiger partial charge in [0, 0.05) is 38.1 Å². The topological polar surface area (TPSA) is 75.4 Å². The number of nitrogens with zero attached hydrogens (tertiary/aromatic N) is 4. The van der Waals surface area contributed by atoms with Crippen LogP contribution in [0.3, 0.4) is 0 Å². The number of thiophene rings is 1. The van der Waals surface area contributed by atoms with Crippen molar-refractivity contribution in [2.24, 2.45) is 11.7 Å². The molecule has 1 saturated heterocycles. The van der Waals surface area contributed by atoms with E-state index in [1.54, 1.807) is 17.7 Å². The van der Waals surface area contributed by atoms with Gasteiger partial charge in [0.05, 0.1) is 10.2 Å². The fourth-order valence-electron chi connectivity index (χ4n) is 3.85. The van der Waals surface area contributed by atoms with Crippen molar-refractivity contribution in [3.63, 3.8) is 0 Å². The minimum atomic E-state index is 0.128. The van der Waals surface area contributed by atoms with E-state index in [0.717, 1.165) is 67.9 Å². The number of carbonyl (C=O) groups is 1. The molecule has 0 bridgehead atoms. The molecule has 2 unspecified atom stereocenters. The third-order valence-corrected chi connectivity index (χ3v) is 6.08. The molecule has 6 nitrogen and oxygen atoms in total. The summed E-state index contributed by atoms with van der Waals surface area (Å²) in [6, 6.07) is 2.22. The second-order valence-electron chi connectivity index (χ2n) is 6.77. The quantitative estimate of drug-likeness (QED) is 0.899. The largest absolute Gasteiger partial charge is 0.352 e. The summed E-state index contributed by atoms with van der Waals surface area (Å²) in [6.45, 7) is 3.19. The van der Waals surface area contributed by atoms with Crippen molar-refractivity contribution in [2.45, 2.75) is 31.7 Å². The van der Waals surface area contributed by atoms with Gasteiger partial charge in [0.1, 0.15) is 12.1 Å². The molecule has 2 aromatic heterocycles. The van der Waals surface area contributed by atoms with E-state index in [-0.39, 0.29) is 12.0 Å². The Balaban J connectivity index is 1.41. The third-order valence-electron chi connectivity index (χ3n) is 5.18. The van der Waals surface area contributed by atoms with Crippen LogP contribution in [-0.4, -0.2) is 53.0 Å². The fraction of sp³-hybridized carbons (Fsp3) is 0.588. The van der Waals surface area contributed by atoms with E-state index in [4.69, 9.17) is 5.73 Å². The SMILES string of the molecule is NC1CCCC(C(=O)N2CCN(c3ncnc4ccsc34)CC2)C1. The van der Waals surface area contributed by atoms with Gasteiger partial charge in [-0.3, -0.25) is 4.79 Å². The molecule has 4 rings (SSSR count). The lowest BCUT2D eigenvalue weighted by atomic mass is 9.85. The number of hydrogen-bond donors (Lipinski definition) is 1. The zero-order valence-corrected chi connectivity index (χ0v) is 14.5. The van der Waals surface area contributed by atoms with Crippen molar-refractivity contribution >= 4 is 33.3 Å². The summed E-state index contributed by atoms with van der Waals surface area (Å²) in [5.74, 6) is 1.43. The molecule has 2 atom stereocenters. The van der Waals surface area contributed by atoms with Crippen LogP contribution < -0.4 is 10.6 Å². The van der Waals surface area contributed by atoms with E-state index < -0.39 is 0 Å². The summed E-state index contributed by atoms with van der Waals surface area (Å²) in [4.78, 5) is 25.8.